The minimum atomic E-state index is -1.22. The Hall–Kier alpha value is -3.95. The molecule has 2 aliphatic rings. The highest BCUT2D eigenvalue weighted by molar-refractivity contribution is 8.00. The fraction of sp³-hybridized carbons (Fsp3) is 0.273. The molecule has 5 N–H and O–H groups in total. The Labute approximate surface area is 217 Å². The lowest BCUT2D eigenvalue weighted by molar-refractivity contribution is -0.688. The molecule has 2 atom stereocenters. The molecule has 0 spiro atoms. The zero-order valence-corrected chi connectivity index (χ0v) is 21.0. The summed E-state index contributed by atoms with van der Waals surface area (Å²) in [6.07, 6.45) is 5.40. The van der Waals surface area contributed by atoms with Crippen molar-refractivity contribution in [2.24, 2.45) is 5.16 Å². The van der Waals surface area contributed by atoms with Crippen LogP contribution >= 0.6 is 23.1 Å². The van der Waals surface area contributed by atoms with Crippen LogP contribution in [0.3, 0.4) is 0 Å². The quantitative estimate of drug-likeness (QED) is 0.127. The maximum atomic E-state index is 13.0. The molecule has 1 fully saturated rings. The number of hydrogen-bond donors (Lipinski definition) is 4. The standard InChI is InChI=1S/C22H21N7O6S2/c1-35-26-15(14-10-37-22(23)24-14)18(31)25-16-19(32)29-17(21(33)34)11(9-36-20(16)29)6-27-4-5-28-12(7-27)2-3-13(28)8-30/h2-5,7,10,16,20,30H,6,8-9H2,1H3,(H3-,23,24,25,31,33,34)/p+1/b26-15-/t16-,20+/m1/s1. The molecule has 5 rings (SSSR count). The predicted octanol–water partition coefficient (Wildman–Crippen LogP) is -0.453. The maximum absolute atomic E-state index is 13.0. The number of nitrogens with zero attached hydrogens (tertiary/aromatic N) is 5. The third kappa shape index (κ3) is 4.41. The Morgan fingerprint density at radius 3 is 2.89 bits per heavy atom. The SMILES string of the molecule is CO/N=C(\C(=O)N[C@@H]1C(=O)N2C(C(=O)O)=C(C[n+]3ccn4c(CO)ccc4c3)CS[C@@H]12)c1csc(N)n1. The lowest BCUT2D eigenvalue weighted by Crippen LogP contribution is -2.71. The van der Waals surface area contributed by atoms with Gasteiger partial charge in [-0.05, 0) is 12.1 Å². The number of carboxylic acids is 1. The number of aromatic nitrogens is 3. The molecule has 5 heterocycles. The topological polar surface area (TPSA) is 176 Å². The number of thioether (sulfide) groups is 1. The van der Waals surface area contributed by atoms with Crippen LogP contribution in [0.25, 0.3) is 5.52 Å². The van der Waals surface area contributed by atoms with E-state index in [0.29, 0.717) is 11.3 Å². The third-order valence-corrected chi connectivity index (χ3v) is 7.99. The van der Waals surface area contributed by atoms with Gasteiger partial charge >= 0.3 is 5.97 Å². The molecule has 2 aliphatic heterocycles. The van der Waals surface area contributed by atoms with E-state index in [2.05, 4.69) is 15.5 Å². The van der Waals surface area contributed by atoms with Gasteiger partial charge in [-0.3, -0.25) is 14.5 Å². The zero-order valence-electron chi connectivity index (χ0n) is 19.4. The number of hydrogen-bond acceptors (Lipinski definition) is 10. The minimum absolute atomic E-state index is 0.0869. The average molecular weight is 545 g/mol. The van der Waals surface area contributed by atoms with Gasteiger partial charge in [-0.25, -0.2) is 9.78 Å². The molecular formula is C22H22N7O6S2+. The van der Waals surface area contributed by atoms with Crippen molar-refractivity contribution in [2.45, 2.75) is 24.6 Å². The van der Waals surface area contributed by atoms with Gasteiger partial charge in [0, 0.05) is 22.4 Å². The summed E-state index contributed by atoms with van der Waals surface area (Å²) in [5, 5.41) is 27.0. The van der Waals surface area contributed by atoms with Crippen molar-refractivity contribution in [1.29, 1.82) is 0 Å². The first kappa shape index (κ1) is 24.7. The summed E-state index contributed by atoms with van der Waals surface area (Å²) in [6.45, 7) is 0.157. The summed E-state index contributed by atoms with van der Waals surface area (Å²) in [7, 11) is 1.28. The van der Waals surface area contributed by atoms with Crippen LogP contribution in [-0.4, -0.2) is 72.3 Å². The number of aliphatic carboxylic acids is 1. The minimum Gasteiger partial charge on any atom is -0.477 e. The largest absolute Gasteiger partial charge is 0.477 e. The molecule has 3 aromatic heterocycles. The van der Waals surface area contributed by atoms with Crippen molar-refractivity contribution in [3.05, 3.63) is 58.8 Å². The van der Waals surface area contributed by atoms with Crippen LogP contribution in [0.15, 0.2) is 52.5 Å². The second-order valence-corrected chi connectivity index (χ2v) is 10.2. The predicted molar refractivity (Wildman–Crippen MR) is 133 cm³/mol. The fourth-order valence-corrected chi connectivity index (χ4v) is 6.20. The third-order valence-electron chi connectivity index (χ3n) is 5.97. The van der Waals surface area contributed by atoms with Crippen LogP contribution in [0, 0.1) is 0 Å². The van der Waals surface area contributed by atoms with E-state index in [1.54, 1.807) is 17.8 Å². The van der Waals surface area contributed by atoms with Gasteiger partial charge in [0.25, 0.3) is 11.8 Å². The molecule has 0 bridgehead atoms. The van der Waals surface area contributed by atoms with Crippen LogP contribution in [0.5, 0.6) is 0 Å². The van der Waals surface area contributed by atoms with Crippen molar-refractivity contribution in [3.8, 4) is 0 Å². The monoisotopic (exact) mass is 544 g/mol. The first-order chi connectivity index (χ1) is 17.8. The lowest BCUT2D eigenvalue weighted by Gasteiger charge is -2.49. The molecule has 0 unspecified atom stereocenters. The number of aliphatic hydroxyl groups is 1. The molecule has 3 aromatic rings. The Kier molecular flexibility index (Phi) is 6.57. The Bertz CT molecular complexity index is 1480. The Balaban J connectivity index is 1.35. The number of anilines is 1. The molecule has 0 aromatic carbocycles. The molecule has 0 aliphatic carbocycles. The van der Waals surface area contributed by atoms with E-state index in [1.165, 1.54) is 23.8 Å². The van der Waals surface area contributed by atoms with Gasteiger partial charge in [-0.2, -0.15) is 4.57 Å². The number of carbonyl (C=O) groups is 3. The van der Waals surface area contributed by atoms with Crippen molar-refractivity contribution >= 4 is 57.2 Å². The number of nitrogens with two attached hydrogens (primary N) is 1. The van der Waals surface area contributed by atoms with Crippen LogP contribution in [-0.2, 0) is 32.4 Å². The summed E-state index contributed by atoms with van der Waals surface area (Å²) < 4.78 is 3.66. The fourth-order valence-electron chi connectivity index (χ4n) is 4.31. The van der Waals surface area contributed by atoms with Crippen LogP contribution < -0.4 is 15.6 Å². The summed E-state index contributed by atoms with van der Waals surface area (Å²) in [6, 6.07) is 2.73. The van der Waals surface area contributed by atoms with Gasteiger partial charge in [0.05, 0.1) is 12.8 Å². The second-order valence-electron chi connectivity index (χ2n) is 8.19. The molecule has 13 nitrogen and oxygen atoms in total. The van der Waals surface area contributed by atoms with E-state index in [-0.39, 0.29) is 35.4 Å². The summed E-state index contributed by atoms with van der Waals surface area (Å²) in [5.74, 6) is -2.08. The van der Waals surface area contributed by atoms with E-state index in [4.69, 9.17) is 10.6 Å². The summed E-state index contributed by atoms with van der Waals surface area (Å²) in [5.41, 5.74) is 7.77. The number of carboxylic acid groups (broad SMARTS) is 1. The van der Waals surface area contributed by atoms with E-state index < -0.39 is 29.2 Å². The number of thiazole rings is 1. The van der Waals surface area contributed by atoms with E-state index >= 15 is 0 Å². The van der Waals surface area contributed by atoms with Gasteiger partial charge < -0.3 is 30.5 Å². The molecule has 37 heavy (non-hydrogen) atoms. The zero-order chi connectivity index (χ0) is 26.3. The number of carbonyl (C=O) groups excluding carboxylic acids is 2. The second kappa shape index (κ2) is 9.84. The van der Waals surface area contributed by atoms with Crippen molar-refractivity contribution < 1.29 is 34.0 Å². The number of amides is 2. The molecule has 2 amide bonds. The van der Waals surface area contributed by atoms with Gasteiger partial charge in [0.1, 0.15) is 35.4 Å². The summed E-state index contributed by atoms with van der Waals surface area (Å²) in [4.78, 5) is 48.1. The Morgan fingerprint density at radius 2 is 2.22 bits per heavy atom. The number of aliphatic hydroxyl groups excluding tert-OH is 1. The highest BCUT2D eigenvalue weighted by Gasteiger charge is 2.54. The van der Waals surface area contributed by atoms with Gasteiger partial charge in [-0.1, -0.05) is 5.16 Å². The normalized spacial score (nSPS) is 19.6. The van der Waals surface area contributed by atoms with Crippen molar-refractivity contribution in [1.82, 2.24) is 19.6 Å². The molecule has 192 valence electrons. The summed E-state index contributed by atoms with van der Waals surface area (Å²) >= 11 is 2.49. The number of fused-ring (bicyclic) bond motifs is 2. The van der Waals surface area contributed by atoms with E-state index in [0.717, 1.165) is 22.5 Å². The molecule has 0 radical (unpaired) electrons. The van der Waals surface area contributed by atoms with Crippen LogP contribution in [0.1, 0.15) is 11.4 Å². The molecular weight excluding hydrogens is 522 g/mol. The first-order valence-corrected chi connectivity index (χ1v) is 12.9. The smallest absolute Gasteiger partial charge is 0.352 e. The highest BCUT2D eigenvalue weighted by atomic mass is 32.2. The molecule has 15 heteroatoms. The van der Waals surface area contributed by atoms with Gasteiger partial charge in [-0.15, -0.1) is 23.1 Å². The Morgan fingerprint density at radius 1 is 1.41 bits per heavy atom. The van der Waals surface area contributed by atoms with Crippen LogP contribution in [0.4, 0.5) is 5.13 Å². The number of rotatable bonds is 8. The van der Waals surface area contributed by atoms with Gasteiger partial charge in [0.2, 0.25) is 0 Å². The lowest BCUT2D eigenvalue weighted by atomic mass is 10.0. The number of nitrogen functional groups attached to an aromatic ring is 1. The molecule has 0 saturated carbocycles. The van der Waals surface area contributed by atoms with Crippen molar-refractivity contribution in [3.63, 3.8) is 0 Å². The number of nitrogens with one attached hydrogen (secondary N) is 1. The first-order valence-electron chi connectivity index (χ1n) is 11.0. The number of β-lactam (4-membered cyclic amide) rings is 1. The maximum Gasteiger partial charge on any atom is 0.352 e. The highest BCUT2D eigenvalue weighted by Crippen LogP contribution is 2.40. The van der Waals surface area contributed by atoms with Crippen LogP contribution in [0.2, 0.25) is 0 Å². The average Bonchev–Trinajstić information content (AvgIpc) is 3.50. The van der Waals surface area contributed by atoms with E-state index in [9.17, 15) is 24.6 Å². The van der Waals surface area contributed by atoms with Crippen molar-refractivity contribution in [2.75, 3.05) is 18.6 Å². The van der Waals surface area contributed by atoms with Gasteiger partial charge in [0.15, 0.2) is 29.8 Å². The molecule has 1 saturated heterocycles. The van der Waals surface area contributed by atoms with E-state index in [1.807, 2.05) is 27.3 Å². The number of oxime groups is 1.